The second-order valence-corrected chi connectivity index (χ2v) is 4.26. The summed E-state index contributed by atoms with van der Waals surface area (Å²) in [4.78, 5) is 11.6. The number of benzene rings is 1. The molecule has 0 saturated carbocycles. The van der Waals surface area contributed by atoms with Crippen molar-refractivity contribution in [1.29, 1.82) is 0 Å². The third-order valence-corrected chi connectivity index (χ3v) is 3.17. The van der Waals surface area contributed by atoms with Gasteiger partial charge in [-0.05, 0) is 12.5 Å². The summed E-state index contributed by atoms with van der Waals surface area (Å²) < 4.78 is 39.2. The first-order valence-electron chi connectivity index (χ1n) is 5.15. The second-order valence-electron chi connectivity index (χ2n) is 3.62. The molecule has 100 valence electrons. The van der Waals surface area contributed by atoms with Crippen LogP contribution in [-0.2, 0) is 0 Å². The number of carbonyl (C=O) groups excluding carboxylic acids is 1. The summed E-state index contributed by atoms with van der Waals surface area (Å²) in [5.41, 5.74) is -0.731. The number of hydrogen-bond donors (Lipinski definition) is 2. The van der Waals surface area contributed by atoms with E-state index in [2.05, 4.69) is 21.2 Å². The summed E-state index contributed by atoms with van der Waals surface area (Å²) in [6, 6.07) is 0.146. The van der Waals surface area contributed by atoms with Gasteiger partial charge in [0.1, 0.15) is 0 Å². The highest BCUT2D eigenvalue weighted by molar-refractivity contribution is 9.09. The number of phenols is 1. The SMILES string of the molecule is CCC(CBr)NC(=O)c1cc(F)c(F)c(O)c1F. The minimum absolute atomic E-state index is 0.271. The lowest BCUT2D eigenvalue weighted by Gasteiger charge is -2.14. The molecule has 0 saturated heterocycles. The molecule has 0 bridgehead atoms. The Balaban J connectivity index is 3.07. The van der Waals surface area contributed by atoms with Crippen molar-refractivity contribution in [2.45, 2.75) is 19.4 Å². The van der Waals surface area contributed by atoms with Crippen LogP contribution in [0.4, 0.5) is 13.2 Å². The van der Waals surface area contributed by atoms with Gasteiger partial charge in [-0.2, -0.15) is 4.39 Å². The molecule has 0 heterocycles. The number of halogens is 4. The molecule has 0 aliphatic heterocycles. The Labute approximate surface area is 110 Å². The van der Waals surface area contributed by atoms with Gasteiger partial charge in [-0.3, -0.25) is 4.79 Å². The number of rotatable bonds is 4. The van der Waals surface area contributed by atoms with Crippen molar-refractivity contribution in [3.05, 3.63) is 29.1 Å². The third kappa shape index (κ3) is 2.95. The maximum atomic E-state index is 13.4. The molecule has 7 heteroatoms. The fraction of sp³-hybridized carbons (Fsp3) is 0.364. The Morgan fingerprint density at radius 3 is 2.56 bits per heavy atom. The zero-order valence-corrected chi connectivity index (χ0v) is 11.0. The van der Waals surface area contributed by atoms with E-state index in [-0.39, 0.29) is 6.04 Å². The maximum Gasteiger partial charge on any atom is 0.254 e. The van der Waals surface area contributed by atoms with E-state index < -0.39 is 34.7 Å². The van der Waals surface area contributed by atoms with Crippen LogP contribution < -0.4 is 5.32 Å². The summed E-state index contributed by atoms with van der Waals surface area (Å²) in [6.07, 6.45) is 0.578. The van der Waals surface area contributed by atoms with Crippen molar-refractivity contribution < 1.29 is 23.1 Å². The Kier molecular flexibility index (Phi) is 5.01. The van der Waals surface area contributed by atoms with Crippen LogP contribution in [-0.4, -0.2) is 22.4 Å². The van der Waals surface area contributed by atoms with Crippen LogP contribution in [0.15, 0.2) is 6.07 Å². The number of phenolic OH excluding ortho intramolecular Hbond substituents is 1. The summed E-state index contributed by atoms with van der Waals surface area (Å²) in [5.74, 6) is -7.07. The Morgan fingerprint density at radius 2 is 2.06 bits per heavy atom. The molecule has 1 unspecified atom stereocenters. The average Bonchev–Trinajstić information content (AvgIpc) is 2.37. The molecule has 1 rings (SSSR count). The minimum atomic E-state index is -1.71. The van der Waals surface area contributed by atoms with Crippen LogP contribution in [0, 0.1) is 17.5 Å². The first-order chi connectivity index (χ1) is 8.42. The number of amides is 1. The lowest BCUT2D eigenvalue weighted by Crippen LogP contribution is -2.36. The molecule has 2 N–H and O–H groups in total. The van der Waals surface area contributed by atoms with Crippen molar-refractivity contribution >= 4 is 21.8 Å². The normalized spacial score (nSPS) is 12.3. The number of carbonyl (C=O) groups is 1. The number of alkyl halides is 1. The molecule has 1 amide bonds. The maximum absolute atomic E-state index is 13.4. The molecule has 1 aromatic rings. The summed E-state index contributed by atoms with van der Waals surface area (Å²) >= 11 is 3.14. The molecule has 1 aromatic carbocycles. The van der Waals surface area contributed by atoms with E-state index >= 15 is 0 Å². The smallest absolute Gasteiger partial charge is 0.254 e. The zero-order chi connectivity index (χ0) is 13.9. The molecular formula is C11H11BrF3NO2. The molecule has 3 nitrogen and oxygen atoms in total. The van der Waals surface area contributed by atoms with Gasteiger partial charge in [0, 0.05) is 11.4 Å². The predicted octanol–water partition coefficient (Wildman–Crippen LogP) is 2.71. The second kappa shape index (κ2) is 6.08. The quantitative estimate of drug-likeness (QED) is 0.660. The molecule has 0 fully saturated rings. The van der Waals surface area contributed by atoms with E-state index in [9.17, 15) is 18.0 Å². The molecular weight excluding hydrogens is 315 g/mol. The summed E-state index contributed by atoms with van der Waals surface area (Å²) in [7, 11) is 0. The topological polar surface area (TPSA) is 49.3 Å². The largest absolute Gasteiger partial charge is 0.503 e. The fourth-order valence-corrected chi connectivity index (χ4v) is 1.89. The molecule has 1 atom stereocenters. The molecule has 18 heavy (non-hydrogen) atoms. The van der Waals surface area contributed by atoms with Crippen molar-refractivity contribution in [2.75, 3.05) is 5.33 Å². The summed E-state index contributed by atoms with van der Waals surface area (Å²) in [6.45, 7) is 1.80. The van der Waals surface area contributed by atoms with Crippen molar-refractivity contribution in [1.82, 2.24) is 5.32 Å². The molecule has 0 spiro atoms. The van der Waals surface area contributed by atoms with E-state index in [0.717, 1.165) is 0 Å². The van der Waals surface area contributed by atoms with Crippen molar-refractivity contribution in [2.24, 2.45) is 0 Å². The fourth-order valence-electron chi connectivity index (χ4n) is 1.27. The van der Waals surface area contributed by atoms with E-state index in [0.29, 0.717) is 17.8 Å². The third-order valence-electron chi connectivity index (χ3n) is 2.39. The Morgan fingerprint density at radius 1 is 1.44 bits per heavy atom. The first-order valence-corrected chi connectivity index (χ1v) is 6.27. The van der Waals surface area contributed by atoms with Crippen LogP contribution in [0.25, 0.3) is 0 Å². The number of nitrogens with one attached hydrogen (secondary N) is 1. The molecule has 0 aliphatic carbocycles. The highest BCUT2D eigenvalue weighted by Gasteiger charge is 2.23. The van der Waals surface area contributed by atoms with Gasteiger partial charge in [-0.1, -0.05) is 22.9 Å². The number of hydrogen-bond acceptors (Lipinski definition) is 2. The van der Waals surface area contributed by atoms with Crippen LogP contribution in [0.2, 0.25) is 0 Å². The van der Waals surface area contributed by atoms with Gasteiger partial charge in [0.15, 0.2) is 17.4 Å². The van der Waals surface area contributed by atoms with Crippen LogP contribution in [0.3, 0.4) is 0 Å². The standard InChI is InChI=1S/C11H11BrF3NO2/c1-2-5(4-12)16-11(18)6-3-7(13)9(15)10(17)8(6)14/h3,5,17H,2,4H2,1H3,(H,16,18). The van der Waals surface area contributed by atoms with Crippen LogP contribution >= 0.6 is 15.9 Å². The molecule has 0 aliphatic rings. The van der Waals surface area contributed by atoms with Crippen molar-refractivity contribution in [3.63, 3.8) is 0 Å². The average molecular weight is 326 g/mol. The van der Waals surface area contributed by atoms with Crippen molar-refractivity contribution in [3.8, 4) is 5.75 Å². The Bertz CT molecular complexity index is 464. The van der Waals surface area contributed by atoms with Gasteiger partial charge >= 0.3 is 0 Å². The van der Waals surface area contributed by atoms with Gasteiger partial charge in [-0.25, -0.2) is 8.78 Å². The Hall–Kier alpha value is -1.24. The summed E-state index contributed by atoms with van der Waals surface area (Å²) in [5, 5.41) is 11.8. The monoisotopic (exact) mass is 325 g/mol. The lowest BCUT2D eigenvalue weighted by atomic mass is 10.1. The lowest BCUT2D eigenvalue weighted by molar-refractivity contribution is 0.0934. The van der Waals surface area contributed by atoms with E-state index in [1.807, 2.05) is 0 Å². The predicted molar refractivity (Wildman–Crippen MR) is 63.3 cm³/mol. The highest BCUT2D eigenvalue weighted by atomic mass is 79.9. The molecule has 0 radical (unpaired) electrons. The van der Waals surface area contributed by atoms with Gasteiger partial charge in [0.2, 0.25) is 5.82 Å². The number of aromatic hydroxyl groups is 1. The van der Waals surface area contributed by atoms with Crippen LogP contribution in [0.5, 0.6) is 5.75 Å². The van der Waals surface area contributed by atoms with E-state index in [1.165, 1.54) is 0 Å². The van der Waals surface area contributed by atoms with Crippen LogP contribution in [0.1, 0.15) is 23.7 Å². The van der Waals surface area contributed by atoms with Gasteiger partial charge < -0.3 is 10.4 Å². The first kappa shape index (κ1) is 14.8. The van der Waals surface area contributed by atoms with E-state index in [4.69, 9.17) is 5.11 Å². The minimum Gasteiger partial charge on any atom is -0.503 e. The van der Waals surface area contributed by atoms with Gasteiger partial charge in [0.05, 0.1) is 5.56 Å². The van der Waals surface area contributed by atoms with Gasteiger partial charge in [-0.15, -0.1) is 0 Å². The van der Waals surface area contributed by atoms with E-state index in [1.54, 1.807) is 6.92 Å². The zero-order valence-electron chi connectivity index (χ0n) is 9.44. The molecule has 0 aromatic heterocycles. The van der Waals surface area contributed by atoms with Gasteiger partial charge in [0.25, 0.3) is 5.91 Å². The highest BCUT2D eigenvalue weighted by Crippen LogP contribution is 2.25.